The van der Waals surface area contributed by atoms with Gasteiger partial charge in [0.25, 0.3) is 0 Å². The molecule has 0 aromatic carbocycles. The first-order valence-corrected chi connectivity index (χ1v) is 7.36. The van der Waals surface area contributed by atoms with E-state index in [1.807, 2.05) is 13.2 Å². The number of rotatable bonds is 5. The summed E-state index contributed by atoms with van der Waals surface area (Å²) >= 11 is 0. The Morgan fingerprint density at radius 2 is 2.11 bits per heavy atom. The Morgan fingerprint density at radius 3 is 2.63 bits per heavy atom. The predicted molar refractivity (Wildman–Crippen MR) is 79.4 cm³/mol. The minimum atomic E-state index is 0.473. The summed E-state index contributed by atoms with van der Waals surface area (Å²) in [5, 5.41) is 3.15. The molecule has 1 aliphatic rings. The molecule has 0 aliphatic carbocycles. The molecule has 4 nitrogen and oxygen atoms in total. The lowest BCUT2D eigenvalue weighted by atomic mass is 9.82. The topological polar surface area (TPSA) is 41.1 Å². The van der Waals surface area contributed by atoms with E-state index in [2.05, 4.69) is 41.0 Å². The Kier molecular flexibility index (Phi) is 4.40. The van der Waals surface area contributed by atoms with Gasteiger partial charge >= 0.3 is 0 Å². The molecule has 2 heterocycles. The van der Waals surface area contributed by atoms with E-state index >= 15 is 0 Å². The fourth-order valence-corrected chi connectivity index (χ4v) is 2.93. The molecule has 1 N–H and O–H groups in total. The van der Waals surface area contributed by atoms with Crippen molar-refractivity contribution in [2.45, 2.75) is 46.6 Å². The highest BCUT2D eigenvalue weighted by molar-refractivity contribution is 5.35. The van der Waals surface area contributed by atoms with E-state index in [0.717, 1.165) is 31.3 Å². The molecule has 1 aliphatic heterocycles. The third-order valence-corrected chi connectivity index (χ3v) is 4.66. The van der Waals surface area contributed by atoms with Crippen LogP contribution in [-0.2, 0) is 6.54 Å². The number of anilines is 1. The van der Waals surface area contributed by atoms with Crippen molar-refractivity contribution in [1.29, 1.82) is 0 Å². The molecule has 1 fully saturated rings. The van der Waals surface area contributed by atoms with E-state index < -0.39 is 0 Å². The van der Waals surface area contributed by atoms with Gasteiger partial charge in [-0.3, -0.25) is 0 Å². The Morgan fingerprint density at radius 1 is 1.37 bits per heavy atom. The number of aromatic nitrogens is 2. The van der Waals surface area contributed by atoms with E-state index in [0.29, 0.717) is 5.41 Å². The van der Waals surface area contributed by atoms with Crippen LogP contribution in [-0.4, -0.2) is 30.1 Å². The average molecular weight is 262 g/mol. The second-order valence-electron chi connectivity index (χ2n) is 5.69. The molecule has 1 aromatic heterocycles. The van der Waals surface area contributed by atoms with E-state index in [1.165, 1.54) is 24.8 Å². The fourth-order valence-electron chi connectivity index (χ4n) is 2.93. The van der Waals surface area contributed by atoms with E-state index in [-0.39, 0.29) is 0 Å². The number of aryl methyl sites for hydroxylation is 1. The lowest BCUT2D eigenvalue weighted by Crippen LogP contribution is -2.27. The summed E-state index contributed by atoms with van der Waals surface area (Å²) in [6.45, 7) is 9.70. The van der Waals surface area contributed by atoms with Gasteiger partial charge in [0.15, 0.2) is 0 Å². The number of nitrogens with zero attached hydrogens (tertiary/aromatic N) is 3. The summed E-state index contributed by atoms with van der Waals surface area (Å²) < 4.78 is 0. The SMILES string of the molecule is CCC1(CC)CCN(c2ncc(CNC)c(C)n2)C1. The molecule has 1 aromatic rings. The van der Waals surface area contributed by atoms with Gasteiger partial charge in [-0.2, -0.15) is 0 Å². The number of nitrogens with one attached hydrogen (secondary N) is 1. The van der Waals surface area contributed by atoms with Gasteiger partial charge in [0.1, 0.15) is 0 Å². The third-order valence-electron chi connectivity index (χ3n) is 4.66. The van der Waals surface area contributed by atoms with Crippen LogP contribution in [0.4, 0.5) is 5.95 Å². The summed E-state index contributed by atoms with van der Waals surface area (Å²) in [6.07, 6.45) is 5.72. The zero-order chi connectivity index (χ0) is 13.9. The highest BCUT2D eigenvalue weighted by Gasteiger charge is 2.35. The maximum Gasteiger partial charge on any atom is 0.225 e. The molecular weight excluding hydrogens is 236 g/mol. The van der Waals surface area contributed by atoms with Crippen molar-refractivity contribution >= 4 is 5.95 Å². The molecule has 2 rings (SSSR count). The second kappa shape index (κ2) is 5.87. The van der Waals surface area contributed by atoms with Crippen LogP contribution >= 0.6 is 0 Å². The Bertz CT molecular complexity index is 426. The summed E-state index contributed by atoms with van der Waals surface area (Å²) in [7, 11) is 1.95. The first-order valence-electron chi connectivity index (χ1n) is 7.36. The first kappa shape index (κ1) is 14.3. The van der Waals surface area contributed by atoms with Crippen LogP contribution in [0.3, 0.4) is 0 Å². The van der Waals surface area contributed by atoms with Gasteiger partial charge in [0.2, 0.25) is 5.95 Å². The minimum absolute atomic E-state index is 0.473. The van der Waals surface area contributed by atoms with Crippen molar-refractivity contribution in [2.24, 2.45) is 5.41 Å². The van der Waals surface area contributed by atoms with Crippen LogP contribution < -0.4 is 10.2 Å². The van der Waals surface area contributed by atoms with E-state index in [4.69, 9.17) is 0 Å². The molecule has 106 valence electrons. The van der Waals surface area contributed by atoms with Gasteiger partial charge in [-0.05, 0) is 38.6 Å². The van der Waals surface area contributed by atoms with Crippen molar-refractivity contribution in [2.75, 3.05) is 25.0 Å². The highest BCUT2D eigenvalue weighted by atomic mass is 15.3. The summed E-state index contributed by atoms with van der Waals surface area (Å²) in [5.41, 5.74) is 2.74. The maximum atomic E-state index is 4.68. The van der Waals surface area contributed by atoms with Crippen LogP contribution in [0.5, 0.6) is 0 Å². The lowest BCUT2D eigenvalue weighted by molar-refractivity contribution is 0.301. The monoisotopic (exact) mass is 262 g/mol. The highest BCUT2D eigenvalue weighted by Crippen LogP contribution is 2.38. The van der Waals surface area contributed by atoms with Gasteiger partial charge in [-0.15, -0.1) is 0 Å². The summed E-state index contributed by atoms with van der Waals surface area (Å²) in [6, 6.07) is 0. The van der Waals surface area contributed by atoms with Crippen LogP contribution in [0.2, 0.25) is 0 Å². The minimum Gasteiger partial charge on any atom is -0.340 e. The quantitative estimate of drug-likeness (QED) is 0.885. The molecule has 0 saturated carbocycles. The van der Waals surface area contributed by atoms with Crippen LogP contribution in [0, 0.1) is 12.3 Å². The Hall–Kier alpha value is -1.16. The van der Waals surface area contributed by atoms with Gasteiger partial charge in [0, 0.05) is 37.1 Å². The third kappa shape index (κ3) is 2.89. The molecule has 0 amide bonds. The van der Waals surface area contributed by atoms with Gasteiger partial charge in [0.05, 0.1) is 0 Å². The van der Waals surface area contributed by atoms with Crippen molar-refractivity contribution in [3.05, 3.63) is 17.5 Å². The number of hydrogen-bond acceptors (Lipinski definition) is 4. The molecule has 1 saturated heterocycles. The van der Waals surface area contributed by atoms with Gasteiger partial charge in [-0.1, -0.05) is 13.8 Å². The van der Waals surface area contributed by atoms with Crippen molar-refractivity contribution in [1.82, 2.24) is 15.3 Å². The number of hydrogen-bond donors (Lipinski definition) is 1. The summed E-state index contributed by atoms with van der Waals surface area (Å²) in [5.74, 6) is 0.904. The summed E-state index contributed by atoms with van der Waals surface area (Å²) in [4.78, 5) is 11.6. The standard InChI is InChI=1S/C15H26N4/c1-5-15(6-2)7-8-19(11-15)14-17-10-13(9-16-4)12(3)18-14/h10,16H,5-9,11H2,1-4H3. The second-order valence-corrected chi connectivity index (χ2v) is 5.69. The van der Waals surface area contributed by atoms with Crippen LogP contribution in [0.25, 0.3) is 0 Å². The molecule has 4 heteroatoms. The van der Waals surface area contributed by atoms with Crippen molar-refractivity contribution in [3.63, 3.8) is 0 Å². The zero-order valence-corrected chi connectivity index (χ0v) is 12.7. The van der Waals surface area contributed by atoms with E-state index in [1.54, 1.807) is 0 Å². The molecule has 0 unspecified atom stereocenters. The van der Waals surface area contributed by atoms with Crippen molar-refractivity contribution in [3.8, 4) is 0 Å². The molecule has 0 spiro atoms. The molecule has 19 heavy (non-hydrogen) atoms. The predicted octanol–water partition coefficient (Wildman–Crippen LogP) is 2.52. The normalized spacial score (nSPS) is 18.0. The largest absolute Gasteiger partial charge is 0.340 e. The smallest absolute Gasteiger partial charge is 0.225 e. The Balaban J connectivity index is 2.13. The fraction of sp³-hybridized carbons (Fsp3) is 0.733. The zero-order valence-electron chi connectivity index (χ0n) is 12.7. The van der Waals surface area contributed by atoms with Crippen molar-refractivity contribution < 1.29 is 0 Å². The average Bonchev–Trinajstić information content (AvgIpc) is 2.86. The Labute approximate surface area is 116 Å². The molecule has 0 radical (unpaired) electrons. The van der Waals surface area contributed by atoms with Crippen LogP contribution in [0.1, 0.15) is 44.4 Å². The maximum absolute atomic E-state index is 4.68. The van der Waals surface area contributed by atoms with Gasteiger partial charge in [-0.25, -0.2) is 9.97 Å². The van der Waals surface area contributed by atoms with Crippen LogP contribution in [0.15, 0.2) is 6.20 Å². The molecule has 0 bridgehead atoms. The molecular formula is C15H26N4. The van der Waals surface area contributed by atoms with E-state index in [9.17, 15) is 0 Å². The van der Waals surface area contributed by atoms with Gasteiger partial charge < -0.3 is 10.2 Å². The first-order chi connectivity index (χ1) is 9.14. The lowest BCUT2D eigenvalue weighted by Gasteiger charge is -2.26. The molecule has 0 atom stereocenters.